The van der Waals surface area contributed by atoms with Gasteiger partial charge in [0, 0.05) is 51.8 Å². The van der Waals surface area contributed by atoms with E-state index in [4.69, 9.17) is 0 Å². The number of hydrogen-bond acceptors (Lipinski definition) is 6. The second-order valence-corrected chi connectivity index (χ2v) is 9.21. The van der Waals surface area contributed by atoms with Crippen LogP contribution in [0.4, 0.5) is 0 Å². The van der Waals surface area contributed by atoms with Crippen molar-refractivity contribution in [2.24, 2.45) is 0 Å². The smallest absolute Gasteiger partial charge is 0.277 e. The molecule has 1 aromatic rings. The van der Waals surface area contributed by atoms with Crippen molar-refractivity contribution in [1.29, 1.82) is 0 Å². The molecule has 186 valence electrons. The first-order valence-corrected chi connectivity index (χ1v) is 12.1. The number of amides is 4. The maximum Gasteiger partial charge on any atom is 0.277 e. The van der Waals surface area contributed by atoms with Gasteiger partial charge in [0.25, 0.3) is 5.91 Å². The number of carbonyl (C=O) groups excluding carboxylic acids is 4. The quantitative estimate of drug-likeness (QED) is 0.570. The van der Waals surface area contributed by atoms with Gasteiger partial charge in [-0.05, 0) is 31.4 Å². The molecule has 0 aliphatic carbocycles. The number of nitrogens with zero attached hydrogens (tertiary/aromatic N) is 5. The highest BCUT2D eigenvalue weighted by Crippen LogP contribution is 2.22. The number of nitrogens with one attached hydrogen (secondary N) is 1. The van der Waals surface area contributed by atoms with Gasteiger partial charge in [-0.3, -0.25) is 29.0 Å². The summed E-state index contributed by atoms with van der Waals surface area (Å²) >= 11 is 0. The second kappa shape index (κ2) is 11.4. The number of piperazine rings is 2. The number of imidazole rings is 1. The van der Waals surface area contributed by atoms with Gasteiger partial charge in [0.15, 0.2) is 0 Å². The molecule has 0 unspecified atom stereocenters. The molecule has 10 nitrogen and oxygen atoms in total. The molecule has 2 aliphatic rings. The van der Waals surface area contributed by atoms with E-state index in [0.717, 1.165) is 62.7 Å². The molecule has 1 aromatic heterocycles. The van der Waals surface area contributed by atoms with Gasteiger partial charge in [0.1, 0.15) is 12.2 Å². The number of aryl methyl sites for hydroxylation is 1. The molecule has 1 N–H and O–H groups in total. The van der Waals surface area contributed by atoms with E-state index in [0.29, 0.717) is 12.1 Å². The van der Waals surface area contributed by atoms with Crippen LogP contribution in [-0.4, -0.2) is 87.1 Å². The van der Waals surface area contributed by atoms with E-state index in [2.05, 4.69) is 33.6 Å². The first-order valence-electron chi connectivity index (χ1n) is 12.1. The van der Waals surface area contributed by atoms with Crippen molar-refractivity contribution in [1.82, 2.24) is 29.6 Å². The van der Waals surface area contributed by atoms with Crippen molar-refractivity contribution >= 4 is 29.7 Å². The molecular formula is C24H36N6O4. The second-order valence-electron chi connectivity index (χ2n) is 9.21. The fraction of sp³-hybridized carbons (Fsp3) is 0.625. The van der Waals surface area contributed by atoms with Crippen LogP contribution in [0.1, 0.15) is 64.3 Å². The van der Waals surface area contributed by atoms with Gasteiger partial charge < -0.3 is 14.8 Å². The lowest BCUT2D eigenvalue weighted by molar-refractivity contribution is -0.147. The van der Waals surface area contributed by atoms with E-state index in [9.17, 15) is 19.2 Å². The van der Waals surface area contributed by atoms with Crippen molar-refractivity contribution in [2.45, 2.75) is 59.4 Å². The summed E-state index contributed by atoms with van der Waals surface area (Å²) in [6.07, 6.45) is 5.77. The van der Waals surface area contributed by atoms with Crippen LogP contribution in [-0.2, 0) is 25.7 Å². The standard InChI is InChI=1S/C24H36N6O4/c1-5-7-22(33)28-12-10-27(11-13-28)8-6-9-29-16-25-19(23(29)17(2)3)14-20-24(34)30(18(4)31)15-21(32)26-20/h14,16-17H,5-13,15H2,1-4H3,(H,26,32)/b20-14-. The average molecular weight is 473 g/mol. The van der Waals surface area contributed by atoms with E-state index < -0.39 is 17.7 Å². The van der Waals surface area contributed by atoms with Gasteiger partial charge in [-0.25, -0.2) is 4.98 Å². The minimum Gasteiger partial charge on any atom is -0.340 e. The highest BCUT2D eigenvalue weighted by molar-refractivity contribution is 6.12. The minimum atomic E-state index is -0.520. The summed E-state index contributed by atoms with van der Waals surface area (Å²) in [5, 5.41) is 2.58. The van der Waals surface area contributed by atoms with Gasteiger partial charge in [0.2, 0.25) is 17.7 Å². The molecule has 0 aromatic carbocycles. The molecule has 3 heterocycles. The molecular weight excluding hydrogens is 436 g/mol. The molecule has 0 radical (unpaired) electrons. The average Bonchev–Trinajstić information content (AvgIpc) is 3.19. The first kappa shape index (κ1) is 25.6. The van der Waals surface area contributed by atoms with Crippen molar-refractivity contribution in [2.75, 3.05) is 39.3 Å². The monoisotopic (exact) mass is 472 g/mol. The lowest BCUT2D eigenvalue weighted by Crippen LogP contribution is -2.51. The van der Waals surface area contributed by atoms with Crippen LogP contribution in [0.5, 0.6) is 0 Å². The van der Waals surface area contributed by atoms with E-state index >= 15 is 0 Å². The maximum absolute atomic E-state index is 12.6. The van der Waals surface area contributed by atoms with E-state index in [-0.39, 0.29) is 24.1 Å². The van der Waals surface area contributed by atoms with E-state index in [1.54, 1.807) is 12.4 Å². The summed E-state index contributed by atoms with van der Waals surface area (Å²) in [6, 6.07) is 0. The molecule has 0 atom stereocenters. The SMILES string of the molecule is CCCC(=O)N1CCN(CCCn2cnc(/C=C3\NC(=O)CN(C(C)=O)C3=O)c2C(C)C)CC1. The molecule has 0 bridgehead atoms. The fourth-order valence-corrected chi connectivity index (χ4v) is 4.47. The summed E-state index contributed by atoms with van der Waals surface area (Å²) in [6.45, 7) is 12.2. The molecule has 2 aliphatic heterocycles. The van der Waals surface area contributed by atoms with Crippen molar-refractivity contribution in [3.8, 4) is 0 Å². The van der Waals surface area contributed by atoms with Crippen LogP contribution < -0.4 is 5.32 Å². The third-order valence-electron chi connectivity index (χ3n) is 6.23. The zero-order chi connectivity index (χ0) is 24.8. The maximum atomic E-state index is 12.6. The fourth-order valence-electron chi connectivity index (χ4n) is 4.47. The Morgan fingerprint density at radius 1 is 1.15 bits per heavy atom. The van der Waals surface area contributed by atoms with E-state index in [1.165, 1.54) is 6.92 Å². The number of carbonyl (C=O) groups is 4. The van der Waals surface area contributed by atoms with Crippen LogP contribution in [0.2, 0.25) is 0 Å². The minimum absolute atomic E-state index is 0.0640. The van der Waals surface area contributed by atoms with Crippen LogP contribution in [0.15, 0.2) is 12.0 Å². The summed E-state index contributed by atoms with van der Waals surface area (Å²) in [7, 11) is 0. The number of imide groups is 1. The highest BCUT2D eigenvalue weighted by Gasteiger charge is 2.31. The van der Waals surface area contributed by atoms with Gasteiger partial charge >= 0.3 is 0 Å². The Balaban J connectivity index is 1.62. The van der Waals surface area contributed by atoms with Gasteiger partial charge in [-0.1, -0.05) is 20.8 Å². The van der Waals surface area contributed by atoms with Crippen molar-refractivity contribution in [3.05, 3.63) is 23.4 Å². The predicted molar refractivity (Wildman–Crippen MR) is 127 cm³/mol. The Morgan fingerprint density at radius 2 is 1.85 bits per heavy atom. The molecule has 34 heavy (non-hydrogen) atoms. The van der Waals surface area contributed by atoms with Gasteiger partial charge in [0.05, 0.1) is 12.0 Å². The molecule has 10 heteroatoms. The normalized spacial score (nSPS) is 18.7. The van der Waals surface area contributed by atoms with Gasteiger partial charge in [-0.2, -0.15) is 0 Å². The third kappa shape index (κ3) is 6.11. The molecule has 2 saturated heterocycles. The summed E-state index contributed by atoms with van der Waals surface area (Å²) in [5.41, 5.74) is 1.66. The summed E-state index contributed by atoms with van der Waals surface area (Å²) in [4.78, 5) is 58.2. The Morgan fingerprint density at radius 3 is 2.47 bits per heavy atom. The summed E-state index contributed by atoms with van der Waals surface area (Å²) in [5.74, 6) is -0.976. The molecule has 2 fully saturated rings. The van der Waals surface area contributed by atoms with Crippen LogP contribution in [0.3, 0.4) is 0 Å². The largest absolute Gasteiger partial charge is 0.340 e. The van der Waals surface area contributed by atoms with Crippen LogP contribution >= 0.6 is 0 Å². The Bertz CT molecular complexity index is 959. The Hall–Kier alpha value is -3.01. The molecule has 0 spiro atoms. The molecule has 4 amide bonds. The van der Waals surface area contributed by atoms with Crippen molar-refractivity contribution in [3.63, 3.8) is 0 Å². The predicted octanol–water partition coefficient (Wildman–Crippen LogP) is 1.19. The number of rotatable bonds is 8. The highest BCUT2D eigenvalue weighted by atomic mass is 16.2. The van der Waals surface area contributed by atoms with Crippen LogP contribution in [0, 0.1) is 0 Å². The third-order valence-corrected chi connectivity index (χ3v) is 6.23. The topological polar surface area (TPSA) is 108 Å². The first-order chi connectivity index (χ1) is 16.2. The summed E-state index contributed by atoms with van der Waals surface area (Å²) < 4.78 is 2.09. The van der Waals surface area contributed by atoms with Gasteiger partial charge in [-0.15, -0.1) is 0 Å². The lowest BCUT2D eigenvalue weighted by Gasteiger charge is -2.34. The lowest BCUT2D eigenvalue weighted by atomic mass is 10.1. The Labute approximate surface area is 201 Å². The van der Waals surface area contributed by atoms with E-state index in [1.807, 2.05) is 11.8 Å². The number of aromatic nitrogens is 2. The number of hydrogen-bond donors (Lipinski definition) is 1. The zero-order valence-corrected chi connectivity index (χ0v) is 20.7. The molecule has 0 saturated carbocycles. The van der Waals surface area contributed by atoms with Crippen molar-refractivity contribution < 1.29 is 19.2 Å². The van der Waals surface area contributed by atoms with Crippen LogP contribution in [0.25, 0.3) is 6.08 Å². The Kier molecular flexibility index (Phi) is 8.60. The molecule has 3 rings (SSSR count). The zero-order valence-electron chi connectivity index (χ0n) is 20.7.